The molecule has 0 aliphatic carbocycles. The molecule has 0 bridgehead atoms. The summed E-state index contributed by atoms with van der Waals surface area (Å²) >= 11 is 1.58. The molecule has 0 aliphatic rings. The van der Waals surface area contributed by atoms with Crippen LogP contribution in [0.2, 0.25) is 0 Å². The van der Waals surface area contributed by atoms with Crippen molar-refractivity contribution in [1.82, 2.24) is 14.8 Å². The van der Waals surface area contributed by atoms with E-state index in [2.05, 4.69) is 40.4 Å². The molecule has 2 aromatic carbocycles. The van der Waals surface area contributed by atoms with E-state index in [0.717, 1.165) is 22.1 Å². The summed E-state index contributed by atoms with van der Waals surface area (Å²) in [5.74, 6) is 1.16. The summed E-state index contributed by atoms with van der Waals surface area (Å²) in [6.45, 7) is 6.53. The van der Waals surface area contributed by atoms with Crippen molar-refractivity contribution in [3.8, 4) is 11.4 Å². The van der Waals surface area contributed by atoms with Crippen molar-refractivity contribution < 1.29 is 9.53 Å². The lowest BCUT2D eigenvalue weighted by atomic mass is 10.1. The number of esters is 1. The molecular weight excluding hydrogens is 358 g/mol. The first kappa shape index (κ1) is 18.9. The van der Waals surface area contributed by atoms with Crippen LogP contribution in [0.5, 0.6) is 0 Å². The molecule has 0 unspecified atom stereocenters. The second kappa shape index (κ2) is 8.68. The highest BCUT2D eigenvalue weighted by Crippen LogP contribution is 2.27. The fourth-order valence-corrected chi connectivity index (χ4v) is 3.63. The number of nitrogens with zero attached hydrogens (tertiary/aromatic N) is 3. The molecule has 0 atom stereocenters. The molecule has 27 heavy (non-hydrogen) atoms. The van der Waals surface area contributed by atoms with Gasteiger partial charge < -0.3 is 4.74 Å². The first-order valence-corrected chi connectivity index (χ1v) is 9.52. The summed E-state index contributed by atoms with van der Waals surface area (Å²) < 4.78 is 6.84. The maximum atomic E-state index is 11.7. The molecule has 0 saturated heterocycles. The Hall–Kier alpha value is -2.86. The largest absolute Gasteiger partial charge is 0.465 e. The van der Waals surface area contributed by atoms with Crippen LogP contribution < -0.4 is 0 Å². The average Bonchev–Trinajstić information content (AvgIpc) is 3.09. The van der Waals surface area contributed by atoms with Crippen molar-refractivity contribution in [1.29, 1.82) is 0 Å². The van der Waals surface area contributed by atoms with Crippen LogP contribution in [0.1, 0.15) is 21.5 Å². The number of benzene rings is 2. The number of carbonyl (C=O) groups excluding carboxylic acids is 1. The molecule has 6 heteroatoms. The number of hydrogen-bond acceptors (Lipinski definition) is 5. The molecule has 0 aliphatic heterocycles. The number of aromatic nitrogens is 3. The maximum absolute atomic E-state index is 11.7. The number of allylic oxidation sites excluding steroid dienone is 1. The van der Waals surface area contributed by atoms with Crippen LogP contribution in [-0.4, -0.2) is 27.8 Å². The fourth-order valence-electron chi connectivity index (χ4n) is 2.74. The molecule has 5 nitrogen and oxygen atoms in total. The Morgan fingerprint density at radius 3 is 2.78 bits per heavy atom. The highest BCUT2D eigenvalue weighted by molar-refractivity contribution is 7.98. The Morgan fingerprint density at radius 1 is 1.22 bits per heavy atom. The van der Waals surface area contributed by atoms with E-state index in [4.69, 9.17) is 4.74 Å². The van der Waals surface area contributed by atoms with Crippen LogP contribution in [-0.2, 0) is 17.0 Å². The zero-order chi connectivity index (χ0) is 19.2. The minimum Gasteiger partial charge on any atom is -0.465 e. The van der Waals surface area contributed by atoms with E-state index in [9.17, 15) is 4.79 Å². The van der Waals surface area contributed by atoms with Gasteiger partial charge in [-0.25, -0.2) is 4.79 Å². The van der Waals surface area contributed by atoms with Gasteiger partial charge in [0.25, 0.3) is 0 Å². The quantitative estimate of drug-likeness (QED) is 0.343. The summed E-state index contributed by atoms with van der Waals surface area (Å²) in [5, 5.41) is 9.57. The topological polar surface area (TPSA) is 57.0 Å². The summed E-state index contributed by atoms with van der Waals surface area (Å²) in [5.41, 5.74) is 3.77. The minimum atomic E-state index is -0.335. The Morgan fingerprint density at radius 2 is 2.04 bits per heavy atom. The predicted octanol–water partition coefficient (Wildman–Crippen LogP) is 4.52. The van der Waals surface area contributed by atoms with Gasteiger partial charge in [-0.05, 0) is 30.7 Å². The van der Waals surface area contributed by atoms with E-state index in [0.29, 0.717) is 17.9 Å². The average molecular weight is 379 g/mol. The molecule has 138 valence electrons. The van der Waals surface area contributed by atoms with Crippen LogP contribution in [0, 0.1) is 6.92 Å². The standard InChI is InChI=1S/C21H21N3O2S/c1-4-11-24-19(17-9-5-7-15(2)12-17)22-23-21(24)27-14-16-8-6-10-18(13-16)20(25)26-3/h4-10,12-13H,1,11,14H2,2-3H3. The van der Waals surface area contributed by atoms with Crippen molar-refractivity contribution in [3.63, 3.8) is 0 Å². The predicted molar refractivity (Wildman–Crippen MR) is 108 cm³/mol. The third-order valence-electron chi connectivity index (χ3n) is 4.02. The van der Waals surface area contributed by atoms with E-state index in [-0.39, 0.29) is 5.97 Å². The van der Waals surface area contributed by atoms with Gasteiger partial charge in [0.15, 0.2) is 11.0 Å². The molecule has 0 radical (unpaired) electrons. The molecule has 1 aromatic heterocycles. The fraction of sp³-hybridized carbons (Fsp3) is 0.190. The van der Waals surface area contributed by atoms with Crippen LogP contribution in [0.4, 0.5) is 0 Å². The third-order valence-corrected chi connectivity index (χ3v) is 5.06. The van der Waals surface area contributed by atoms with E-state index >= 15 is 0 Å². The van der Waals surface area contributed by atoms with Gasteiger partial charge in [-0.15, -0.1) is 16.8 Å². The van der Waals surface area contributed by atoms with Gasteiger partial charge in [0.1, 0.15) is 0 Å². The second-order valence-corrected chi connectivity index (χ2v) is 7.00. The molecule has 0 N–H and O–H groups in total. The van der Waals surface area contributed by atoms with E-state index in [1.54, 1.807) is 17.8 Å². The molecule has 3 rings (SSSR count). The summed E-state index contributed by atoms with van der Waals surface area (Å²) in [6.07, 6.45) is 1.84. The van der Waals surface area contributed by atoms with Crippen molar-refractivity contribution >= 4 is 17.7 Å². The highest BCUT2D eigenvalue weighted by atomic mass is 32.2. The molecule has 0 spiro atoms. The Kier molecular flexibility index (Phi) is 6.08. The molecular formula is C21H21N3O2S. The van der Waals surface area contributed by atoms with Crippen LogP contribution in [0.25, 0.3) is 11.4 Å². The van der Waals surface area contributed by atoms with Gasteiger partial charge in [-0.1, -0.05) is 53.7 Å². The molecule has 3 aromatic rings. The van der Waals surface area contributed by atoms with E-state index < -0.39 is 0 Å². The number of hydrogen-bond donors (Lipinski definition) is 0. The van der Waals surface area contributed by atoms with Crippen molar-refractivity contribution in [2.24, 2.45) is 0 Å². The Bertz CT molecular complexity index is 966. The monoisotopic (exact) mass is 379 g/mol. The van der Waals surface area contributed by atoms with Gasteiger partial charge in [-0.2, -0.15) is 0 Å². The molecule has 1 heterocycles. The second-order valence-electron chi connectivity index (χ2n) is 6.06. The lowest BCUT2D eigenvalue weighted by Gasteiger charge is -2.08. The van der Waals surface area contributed by atoms with Crippen molar-refractivity contribution in [3.05, 3.63) is 77.9 Å². The van der Waals surface area contributed by atoms with E-state index in [1.165, 1.54) is 12.7 Å². The number of rotatable bonds is 7. The van der Waals surface area contributed by atoms with Gasteiger partial charge in [-0.3, -0.25) is 4.57 Å². The lowest BCUT2D eigenvalue weighted by Crippen LogP contribution is -2.02. The summed E-state index contributed by atoms with van der Waals surface area (Å²) in [7, 11) is 1.38. The van der Waals surface area contributed by atoms with Gasteiger partial charge >= 0.3 is 5.97 Å². The summed E-state index contributed by atoms with van der Waals surface area (Å²) in [6, 6.07) is 15.6. The third kappa shape index (κ3) is 4.46. The minimum absolute atomic E-state index is 0.335. The van der Waals surface area contributed by atoms with E-state index in [1.807, 2.05) is 36.4 Å². The SMILES string of the molecule is C=CCn1c(SCc2cccc(C(=O)OC)c2)nnc1-c1cccc(C)c1. The number of methoxy groups -OCH3 is 1. The number of aryl methyl sites for hydroxylation is 1. The van der Waals surface area contributed by atoms with Gasteiger partial charge in [0, 0.05) is 17.9 Å². The number of thioether (sulfide) groups is 1. The van der Waals surface area contributed by atoms with Crippen molar-refractivity contribution in [2.45, 2.75) is 24.4 Å². The maximum Gasteiger partial charge on any atom is 0.337 e. The zero-order valence-corrected chi connectivity index (χ0v) is 16.2. The highest BCUT2D eigenvalue weighted by Gasteiger charge is 2.14. The number of ether oxygens (including phenoxy) is 1. The molecule has 0 fully saturated rings. The molecule has 0 saturated carbocycles. The van der Waals surface area contributed by atoms with Crippen LogP contribution in [0.3, 0.4) is 0 Å². The first-order valence-electron chi connectivity index (χ1n) is 8.53. The molecule has 0 amide bonds. The summed E-state index contributed by atoms with van der Waals surface area (Å²) in [4.78, 5) is 11.7. The zero-order valence-electron chi connectivity index (χ0n) is 15.4. The van der Waals surface area contributed by atoms with Crippen molar-refractivity contribution in [2.75, 3.05) is 7.11 Å². The lowest BCUT2D eigenvalue weighted by molar-refractivity contribution is 0.0600. The van der Waals surface area contributed by atoms with Gasteiger partial charge in [0.05, 0.1) is 12.7 Å². The van der Waals surface area contributed by atoms with Crippen LogP contribution in [0.15, 0.2) is 66.3 Å². The van der Waals surface area contributed by atoms with Gasteiger partial charge in [0.2, 0.25) is 0 Å². The normalized spacial score (nSPS) is 10.6. The number of carbonyl (C=O) groups is 1. The first-order chi connectivity index (χ1) is 13.1. The Labute approximate surface area is 163 Å². The van der Waals surface area contributed by atoms with Crippen LogP contribution >= 0.6 is 11.8 Å². The smallest absolute Gasteiger partial charge is 0.337 e. The Balaban J connectivity index is 1.83.